The molecule has 2 rings (SSSR count). The molecule has 6 nitrogen and oxygen atoms in total. The van der Waals surface area contributed by atoms with Crippen molar-refractivity contribution in [2.45, 2.75) is 26.5 Å². The molecule has 1 N–H and O–H groups in total. The second kappa shape index (κ2) is 8.81. The van der Waals surface area contributed by atoms with Crippen molar-refractivity contribution in [3.8, 4) is 0 Å². The number of nitrogens with zero attached hydrogens (tertiary/aromatic N) is 3. The van der Waals surface area contributed by atoms with E-state index in [2.05, 4.69) is 15.5 Å². The highest BCUT2D eigenvalue weighted by Crippen LogP contribution is 2.15. The summed E-state index contributed by atoms with van der Waals surface area (Å²) in [6.07, 6.45) is 4.32. The number of carbonyl (C=O) groups is 1. The first-order valence-corrected chi connectivity index (χ1v) is 7.06. The average Bonchev–Trinajstić information content (AvgIpc) is 2.86. The summed E-state index contributed by atoms with van der Waals surface area (Å²) in [5.41, 5.74) is 1.20. The number of halogens is 1. The van der Waals surface area contributed by atoms with E-state index in [4.69, 9.17) is 4.74 Å². The predicted molar refractivity (Wildman–Crippen MR) is 75.2 cm³/mol. The molecule has 0 aliphatic heterocycles. The molecule has 0 aliphatic carbocycles. The van der Waals surface area contributed by atoms with Crippen LogP contribution in [0.5, 0.6) is 0 Å². The standard InChI is InChI=1S/C13H16N4O2S.BrH/c1-10-3-6-17(7-4-10)8-5-11(18)14-13-16-15-12(20-13)9-19-2;/h3-4,6-7H,5,8-9H2,1-2H3;1H. The molecule has 114 valence electrons. The molecule has 0 radical (unpaired) electrons. The van der Waals surface area contributed by atoms with Crippen LogP contribution in [0.4, 0.5) is 5.13 Å². The highest BCUT2D eigenvalue weighted by Gasteiger charge is 2.10. The first-order chi connectivity index (χ1) is 9.67. The number of amides is 1. The first-order valence-electron chi connectivity index (χ1n) is 6.24. The number of anilines is 1. The molecule has 0 spiro atoms. The molecule has 0 aliphatic rings. The molecule has 1 amide bonds. The summed E-state index contributed by atoms with van der Waals surface area (Å²) in [4.78, 5) is 11.8. The van der Waals surface area contributed by atoms with Crippen molar-refractivity contribution in [1.29, 1.82) is 0 Å². The van der Waals surface area contributed by atoms with Gasteiger partial charge in [0.25, 0.3) is 0 Å². The molecule has 8 heteroatoms. The Kier molecular flexibility index (Phi) is 7.41. The van der Waals surface area contributed by atoms with Gasteiger partial charge in [0.15, 0.2) is 18.9 Å². The van der Waals surface area contributed by atoms with Crippen molar-refractivity contribution in [3.63, 3.8) is 0 Å². The third kappa shape index (κ3) is 5.86. The number of carbonyl (C=O) groups excluding carboxylic acids is 1. The van der Waals surface area contributed by atoms with Gasteiger partial charge in [0.2, 0.25) is 11.0 Å². The van der Waals surface area contributed by atoms with E-state index in [0.717, 1.165) is 5.01 Å². The first kappa shape index (κ1) is 17.7. The molecule has 0 fully saturated rings. The summed E-state index contributed by atoms with van der Waals surface area (Å²) >= 11 is 1.32. The van der Waals surface area contributed by atoms with E-state index in [1.807, 2.05) is 36.0 Å². The molecule has 0 unspecified atom stereocenters. The fourth-order valence-electron chi connectivity index (χ4n) is 1.58. The van der Waals surface area contributed by atoms with E-state index in [1.54, 1.807) is 7.11 Å². The minimum atomic E-state index is -0.0711. The number of aryl methyl sites for hydroxylation is 2. The maximum atomic E-state index is 11.8. The number of hydrogen-bond donors (Lipinski definition) is 1. The van der Waals surface area contributed by atoms with Crippen LogP contribution in [0.15, 0.2) is 24.5 Å². The van der Waals surface area contributed by atoms with E-state index in [9.17, 15) is 4.79 Å². The highest BCUT2D eigenvalue weighted by molar-refractivity contribution is 7.15. The topological polar surface area (TPSA) is 68.0 Å². The fourth-order valence-corrected chi connectivity index (χ4v) is 2.31. The van der Waals surface area contributed by atoms with Gasteiger partial charge in [-0.1, -0.05) is 11.3 Å². The van der Waals surface area contributed by atoms with Crippen LogP contribution in [0.25, 0.3) is 0 Å². The Bertz CT molecular complexity index is 574. The lowest BCUT2D eigenvalue weighted by atomic mass is 10.3. The summed E-state index contributed by atoms with van der Waals surface area (Å²) in [6, 6.07) is 4.03. The van der Waals surface area contributed by atoms with Crippen LogP contribution in [-0.2, 0) is 22.7 Å². The maximum absolute atomic E-state index is 11.8. The monoisotopic (exact) mass is 372 g/mol. The Labute approximate surface area is 137 Å². The zero-order valence-electron chi connectivity index (χ0n) is 11.9. The van der Waals surface area contributed by atoms with Gasteiger partial charge in [-0.05, 0) is 12.5 Å². The van der Waals surface area contributed by atoms with Gasteiger partial charge in [0, 0.05) is 19.2 Å². The summed E-state index contributed by atoms with van der Waals surface area (Å²) < 4.78 is 6.93. The fraction of sp³-hybridized carbons (Fsp3) is 0.385. The smallest absolute Gasteiger partial charge is 0.232 e. The highest BCUT2D eigenvalue weighted by atomic mass is 79.9. The van der Waals surface area contributed by atoms with E-state index in [-0.39, 0.29) is 22.9 Å². The predicted octanol–water partition coefficient (Wildman–Crippen LogP) is -1.69. The second-order valence-electron chi connectivity index (χ2n) is 4.35. The Morgan fingerprint density at radius 3 is 2.76 bits per heavy atom. The molecule has 0 saturated carbocycles. The zero-order valence-corrected chi connectivity index (χ0v) is 14.3. The molecule has 0 saturated heterocycles. The number of rotatable bonds is 6. The quantitative estimate of drug-likeness (QED) is 0.614. The van der Waals surface area contributed by atoms with Crippen molar-refractivity contribution in [2.75, 3.05) is 12.4 Å². The van der Waals surface area contributed by atoms with Crippen molar-refractivity contribution < 1.29 is 31.1 Å². The molecule has 2 heterocycles. The number of nitrogens with one attached hydrogen (secondary N) is 1. The Morgan fingerprint density at radius 1 is 1.38 bits per heavy atom. The Hall–Kier alpha value is -1.38. The van der Waals surface area contributed by atoms with Crippen LogP contribution in [-0.4, -0.2) is 23.2 Å². The zero-order chi connectivity index (χ0) is 14.4. The van der Waals surface area contributed by atoms with Gasteiger partial charge in [-0.15, -0.1) is 10.2 Å². The van der Waals surface area contributed by atoms with Gasteiger partial charge in [-0.25, -0.2) is 4.57 Å². The molecule has 0 atom stereocenters. The molecule has 2 aromatic heterocycles. The minimum absolute atomic E-state index is 0. The Balaban J connectivity index is 0.00000220. The van der Waals surface area contributed by atoms with Crippen LogP contribution in [0.1, 0.15) is 17.0 Å². The summed E-state index contributed by atoms with van der Waals surface area (Å²) in [5, 5.41) is 11.8. The minimum Gasteiger partial charge on any atom is -1.00 e. The van der Waals surface area contributed by atoms with Crippen molar-refractivity contribution in [3.05, 3.63) is 35.1 Å². The lowest BCUT2D eigenvalue weighted by Crippen LogP contribution is -3.00. The van der Waals surface area contributed by atoms with Crippen LogP contribution < -0.4 is 26.9 Å². The van der Waals surface area contributed by atoms with Gasteiger partial charge >= 0.3 is 0 Å². The molecule has 21 heavy (non-hydrogen) atoms. The van der Waals surface area contributed by atoms with Gasteiger partial charge < -0.3 is 27.0 Å². The van der Waals surface area contributed by atoms with Crippen LogP contribution in [0.2, 0.25) is 0 Å². The number of aromatic nitrogens is 3. The van der Waals surface area contributed by atoms with Crippen molar-refractivity contribution >= 4 is 22.4 Å². The molecule has 0 bridgehead atoms. The van der Waals surface area contributed by atoms with Crippen LogP contribution in [0.3, 0.4) is 0 Å². The molecular weight excluding hydrogens is 356 g/mol. The number of hydrogen-bond acceptors (Lipinski definition) is 5. The lowest BCUT2D eigenvalue weighted by Gasteiger charge is -1.99. The van der Waals surface area contributed by atoms with Gasteiger partial charge in [0.1, 0.15) is 11.6 Å². The Morgan fingerprint density at radius 2 is 2.10 bits per heavy atom. The van der Waals surface area contributed by atoms with Gasteiger partial charge in [-0.2, -0.15) is 0 Å². The molecule has 2 aromatic rings. The second-order valence-corrected chi connectivity index (χ2v) is 5.41. The maximum Gasteiger partial charge on any atom is 0.232 e. The summed E-state index contributed by atoms with van der Waals surface area (Å²) in [7, 11) is 1.60. The van der Waals surface area contributed by atoms with Gasteiger partial charge in [-0.3, -0.25) is 4.79 Å². The summed E-state index contributed by atoms with van der Waals surface area (Å²) in [6.45, 7) is 3.08. The van der Waals surface area contributed by atoms with Crippen molar-refractivity contribution in [2.24, 2.45) is 0 Å². The largest absolute Gasteiger partial charge is 1.00 e. The molecule has 0 aromatic carbocycles. The number of ether oxygens (including phenoxy) is 1. The summed E-state index contributed by atoms with van der Waals surface area (Å²) in [5.74, 6) is -0.0711. The van der Waals surface area contributed by atoms with Crippen molar-refractivity contribution in [1.82, 2.24) is 10.2 Å². The number of methoxy groups -OCH3 is 1. The van der Waals surface area contributed by atoms with E-state index in [0.29, 0.717) is 24.7 Å². The van der Waals surface area contributed by atoms with Crippen LogP contribution in [0, 0.1) is 6.92 Å². The van der Waals surface area contributed by atoms with E-state index >= 15 is 0 Å². The molecular formula is C13H17BrN4O2S. The SMILES string of the molecule is COCc1nnc(NC(=O)CC[n+]2ccc(C)cc2)s1.[Br-]. The van der Waals surface area contributed by atoms with E-state index in [1.165, 1.54) is 16.9 Å². The van der Waals surface area contributed by atoms with E-state index < -0.39 is 0 Å². The lowest BCUT2D eigenvalue weighted by molar-refractivity contribution is -0.695. The number of pyridine rings is 1. The normalized spacial score (nSPS) is 10.0. The van der Waals surface area contributed by atoms with Crippen LogP contribution >= 0.6 is 11.3 Å². The van der Waals surface area contributed by atoms with Gasteiger partial charge in [0.05, 0.1) is 6.42 Å². The average molecular weight is 373 g/mol. The third-order valence-electron chi connectivity index (χ3n) is 2.64. The third-order valence-corrected chi connectivity index (χ3v) is 3.45.